The maximum absolute atomic E-state index is 9.78. The molecule has 120 valence electrons. The average Bonchev–Trinajstić information content (AvgIpc) is 2.73. The van der Waals surface area contributed by atoms with Crippen LogP contribution in [0.4, 0.5) is 0 Å². The predicted molar refractivity (Wildman–Crippen MR) is 82.8 cm³/mol. The number of thioether (sulfide) groups is 1. The minimum atomic E-state index is -0.962. The monoisotopic (exact) mass is 306 g/mol. The second-order valence-corrected chi connectivity index (χ2v) is 6.76. The summed E-state index contributed by atoms with van der Waals surface area (Å²) in [6.45, 7) is 1.99. The zero-order valence-electron chi connectivity index (χ0n) is 12.5. The maximum Gasteiger partial charge on any atom is 0.132 e. The molecule has 4 unspecified atom stereocenters. The molecule has 20 heavy (non-hydrogen) atoms. The Bertz CT molecular complexity index is 240. The molecule has 1 heterocycles. The Balaban J connectivity index is 1.96. The summed E-state index contributed by atoms with van der Waals surface area (Å²) in [7, 11) is 0. The van der Waals surface area contributed by atoms with E-state index in [2.05, 4.69) is 6.92 Å². The first-order valence-corrected chi connectivity index (χ1v) is 8.99. The molecule has 4 atom stereocenters. The molecule has 1 saturated heterocycles. The van der Waals surface area contributed by atoms with Crippen molar-refractivity contribution in [3.05, 3.63) is 0 Å². The van der Waals surface area contributed by atoms with Gasteiger partial charge in [0.15, 0.2) is 0 Å². The molecular formula is C15H30O4S. The molecule has 0 saturated carbocycles. The van der Waals surface area contributed by atoms with Crippen LogP contribution in [0, 0.1) is 0 Å². The summed E-state index contributed by atoms with van der Waals surface area (Å²) in [5, 5.41) is 28.4. The standard InChI is InChI=1S/C15H30O4S/c1-2-3-4-5-6-7-8-9-10-20-15-14(18)13(17)12(11-16)19-15/h12-18H,2-11H2,1H3. The SMILES string of the molecule is CCCCCCCCCCSC1OC(CO)C(O)C1O. The van der Waals surface area contributed by atoms with E-state index in [1.807, 2.05) is 0 Å². The van der Waals surface area contributed by atoms with E-state index in [0.29, 0.717) is 0 Å². The molecule has 4 nitrogen and oxygen atoms in total. The molecule has 0 bridgehead atoms. The number of ether oxygens (including phenoxy) is 1. The first kappa shape index (κ1) is 18.2. The van der Waals surface area contributed by atoms with Gasteiger partial charge in [0.2, 0.25) is 0 Å². The fraction of sp³-hybridized carbons (Fsp3) is 1.00. The van der Waals surface area contributed by atoms with Crippen molar-refractivity contribution in [2.24, 2.45) is 0 Å². The summed E-state index contributed by atoms with van der Waals surface area (Å²) in [5.74, 6) is 0.932. The van der Waals surface area contributed by atoms with E-state index in [1.165, 1.54) is 44.9 Å². The molecule has 0 radical (unpaired) electrons. The van der Waals surface area contributed by atoms with Crippen LogP contribution in [-0.2, 0) is 4.74 Å². The van der Waals surface area contributed by atoms with Crippen LogP contribution < -0.4 is 0 Å². The van der Waals surface area contributed by atoms with E-state index in [0.717, 1.165) is 12.2 Å². The Hall–Kier alpha value is 0.190. The number of aliphatic hydroxyl groups excluding tert-OH is 3. The van der Waals surface area contributed by atoms with Gasteiger partial charge in [-0.1, -0.05) is 51.9 Å². The van der Waals surface area contributed by atoms with Gasteiger partial charge in [-0.05, 0) is 12.2 Å². The second kappa shape index (κ2) is 10.9. The molecule has 0 spiro atoms. The number of aliphatic hydroxyl groups is 3. The Morgan fingerprint density at radius 3 is 2.05 bits per heavy atom. The van der Waals surface area contributed by atoms with Gasteiger partial charge in [-0.3, -0.25) is 0 Å². The minimum Gasteiger partial charge on any atom is -0.394 e. The van der Waals surface area contributed by atoms with Crippen molar-refractivity contribution < 1.29 is 20.1 Å². The highest BCUT2D eigenvalue weighted by molar-refractivity contribution is 7.99. The van der Waals surface area contributed by atoms with Gasteiger partial charge in [-0.15, -0.1) is 11.8 Å². The van der Waals surface area contributed by atoms with Gasteiger partial charge in [0.25, 0.3) is 0 Å². The van der Waals surface area contributed by atoms with Crippen LogP contribution in [0.2, 0.25) is 0 Å². The zero-order valence-corrected chi connectivity index (χ0v) is 13.4. The molecular weight excluding hydrogens is 276 g/mol. The first-order chi connectivity index (χ1) is 9.70. The quantitative estimate of drug-likeness (QED) is 0.511. The third kappa shape index (κ3) is 6.31. The van der Waals surface area contributed by atoms with Crippen LogP contribution in [0.3, 0.4) is 0 Å². The highest BCUT2D eigenvalue weighted by atomic mass is 32.2. The molecule has 0 aliphatic carbocycles. The lowest BCUT2D eigenvalue weighted by Gasteiger charge is -2.13. The summed E-state index contributed by atoms with van der Waals surface area (Å²) in [5.41, 5.74) is -0.397. The predicted octanol–water partition coefficient (Wildman–Crippen LogP) is 2.30. The first-order valence-electron chi connectivity index (χ1n) is 7.94. The van der Waals surface area contributed by atoms with Crippen molar-refractivity contribution in [2.75, 3.05) is 12.4 Å². The van der Waals surface area contributed by atoms with E-state index in [4.69, 9.17) is 9.84 Å². The number of hydrogen-bond donors (Lipinski definition) is 3. The van der Waals surface area contributed by atoms with Gasteiger partial charge < -0.3 is 20.1 Å². The summed E-state index contributed by atoms with van der Waals surface area (Å²) in [6, 6.07) is 0. The van der Waals surface area contributed by atoms with E-state index >= 15 is 0 Å². The van der Waals surface area contributed by atoms with Gasteiger partial charge in [-0.25, -0.2) is 0 Å². The van der Waals surface area contributed by atoms with Gasteiger partial charge in [-0.2, -0.15) is 0 Å². The highest BCUT2D eigenvalue weighted by Gasteiger charge is 2.42. The number of unbranched alkanes of at least 4 members (excludes halogenated alkanes) is 7. The van der Waals surface area contributed by atoms with E-state index < -0.39 is 23.7 Å². The zero-order chi connectivity index (χ0) is 14.8. The Morgan fingerprint density at radius 1 is 0.900 bits per heavy atom. The number of rotatable bonds is 11. The minimum absolute atomic E-state index is 0.243. The lowest BCUT2D eigenvalue weighted by molar-refractivity contribution is -0.00808. The summed E-state index contributed by atoms with van der Waals surface area (Å²) < 4.78 is 5.42. The molecule has 1 aliphatic heterocycles. The molecule has 5 heteroatoms. The van der Waals surface area contributed by atoms with Crippen LogP contribution in [0.15, 0.2) is 0 Å². The molecule has 1 aliphatic rings. The Kier molecular flexibility index (Phi) is 9.90. The van der Waals surface area contributed by atoms with Gasteiger partial charge in [0.1, 0.15) is 23.7 Å². The lowest BCUT2D eigenvalue weighted by atomic mass is 10.1. The van der Waals surface area contributed by atoms with Crippen molar-refractivity contribution >= 4 is 11.8 Å². The van der Waals surface area contributed by atoms with Crippen LogP contribution in [0.25, 0.3) is 0 Å². The van der Waals surface area contributed by atoms with E-state index in [-0.39, 0.29) is 6.61 Å². The number of hydrogen-bond acceptors (Lipinski definition) is 5. The Labute approximate surface area is 126 Å². The van der Waals surface area contributed by atoms with Crippen molar-refractivity contribution in [3.8, 4) is 0 Å². The maximum atomic E-state index is 9.78. The molecule has 3 N–H and O–H groups in total. The van der Waals surface area contributed by atoms with Gasteiger partial charge in [0.05, 0.1) is 6.61 Å². The lowest BCUT2D eigenvalue weighted by Crippen LogP contribution is -2.33. The molecule has 0 aromatic carbocycles. The van der Waals surface area contributed by atoms with Crippen LogP contribution in [-0.4, -0.2) is 51.4 Å². The van der Waals surface area contributed by atoms with Crippen molar-refractivity contribution in [1.82, 2.24) is 0 Å². The average molecular weight is 306 g/mol. The molecule has 0 aromatic rings. The molecule has 1 rings (SSSR count). The van der Waals surface area contributed by atoms with Gasteiger partial charge in [0, 0.05) is 0 Å². The molecule has 0 amide bonds. The topological polar surface area (TPSA) is 69.9 Å². The Morgan fingerprint density at radius 2 is 1.50 bits per heavy atom. The van der Waals surface area contributed by atoms with E-state index in [1.54, 1.807) is 11.8 Å². The molecule has 1 fully saturated rings. The smallest absolute Gasteiger partial charge is 0.132 e. The van der Waals surface area contributed by atoms with E-state index in [9.17, 15) is 10.2 Å². The van der Waals surface area contributed by atoms with Crippen LogP contribution in [0.5, 0.6) is 0 Å². The summed E-state index contributed by atoms with van der Waals surface area (Å²) >= 11 is 1.54. The van der Waals surface area contributed by atoms with Crippen LogP contribution in [0.1, 0.15) is 58.3 Å². The summed E-state index contributed by atoms with van der Waals surface area (Å²) in [6.07, 6.45) is 7.78. The second-order valence-electron chi connectivity index (χ2n) is 5.55. The third-order valence-electron chi connectivity index (χ3n) is 3.78. The summed E-state index contributed by atoms with van der Waals surface area (Å²) in [4.78, 5) is 0. The third-order valence-corrected chi connectivity index (χ3v) is 5.02. The fourth-order valence-corrected chi connectivity index (χ4v) is 3.62. The van der Waals surface area contributed by atoms with Crippen molar-refractivity contribution in [3.63, 3.8) is 0 Å². The van der Waals surface area contributed by atoms with Crippen molar-refractivity contribution in [1.29, 1.82) is 0 Å². The fourth-order valence-electron chi connectivity index (χ4n) is 2.44. The highest BCUT2D eigenvalue weighted by Crippen LogP contribution is 2.29. The molecule has 0 aromatic heterocycles. The van der Waals surface area contributed by atoms with Gasteiger partial charge >= 0.3 is 0 Å². The van der Waals surface area contributed by atoms with Crippen LogP contribution >= 0.6 is 11.8 Å². The normalized spacial score (nSPS) is 30.0. The van der Waals surface area contributed by atoms with Crippen molar-refractivity contribution in [2.45, 2.75) is 82.0 Å². The largest absolute Gasteiger partial charge is 0.394 e.